The molecule has 2 heterocycles. The molecule has 0 N–H and O–H groups in total. The number of pyridine rings is 1. The highest BCUT2D eigenvalue weighted by Crippen LogP contribution is 2.29. The largest absolute Gasteiger partial charge is 0.494 e. The van der Waals surface area contributed by atoms with Crippen LogP contribution < -0.4 is 9.47 Å². The minimum atomic E-state index is -4.52. The van der Waals surface area contributed by atoms with E-state index in [2.05, 4.69) is 4.98 Å². The number of carbonyl (C=O) groups excluding carboxylic acids is 1. The number of nitrogens with zero attached hydrogens (tertiary/aromatic N) is 2. The third-order valence-electron chi connectivity index (χ3n) is 3.85. The standard InChI is InChI=1S/C18H17F3N2O3/c1-2-25-13-8-6-12(7-9-13)17(24)23-10-14(11-23)26-16-5-3-4-15(22-16)18(19,20)21/h3-9,14H,2,10-11H2,1H3. The van der Waals surface area contributed by atoms with Crippen LogP contribution in [0.15, 0.2) is 42.5 Å². The summed E-state index contributed by atoms with van der Waals surface area (Å²) < 4.78 is 48.7. The fraction of sp³-hybridized carbons (Fsp3) is 0.333. The third kappa shape index (κ3) is 4.07. The SMILES string of the molecule is CCOc1ccc(C(=O)N2CC(Oc3cccc(C(F)(F)F)n3)C2)cc1. The number of hydrogen-bond donors (Lipinski definition) is 0. The Bertz CT molecular complexity index is 772. The summed E-state index contributed by atoms with van der Waals surface area (Å²) in [7, 11) is 0. The van der Waals surface area contributed by atoms with Crippen LogP contribution in [-0.2, 0) is 6.18 Å². The second kappa shape index (κ2) is 7.23. The molecule has 0 bridgehead atoms. The molecule has 1 aromatic carbocycles. The summed E-state index contributed by atoms with van der Waals surface area (Å²) in [5.41, 5.74) is -0.485. The molecular formula is C18H17F3N2O3. The zero-order chi connectivity index (χ0) is 18.7. The first kappa shape index (κ1) is 18.0. The van der Waals surface area contributed by atoms with Gasteiger partial charge in [0.1, 0.15) is 17.5 Å². The molecule has 0 unspecified atom stereocenters. The molecule has 5 nitrogen and oxygen atoms in total. The van der Waals surface area contributed by atoms with Gasteiger partial charge < -0.3 is 14.4 Å². The van der Waals surface area contributed by atoms with Crippen LogP contribution in [-0.4, -0.2) is 41.6 Å². The Morgan fingerprint density at radius 2 is 1.88 bits per heavy atom. The fourth-order valence-corrected chi connectivity index (χ4v) is 2.53. The van der Waals surface area contributed by atoms with Gasteiger partial charge in [-0.25, -0.2) is 4.98 Å². The van der Waals surface area contributed by atoms with Crippen LogP contribution in [0.2, 0.25) is 0 Å². The summed E-state index contributed by atoms with van der Waals surface area (Å²) in [6.07, 6.45) is -4.90. The minimum absolute atomic E-state index is 0.0991. The van der Waals surface area contributed by atoms with Gasteiger partial charge in [0, 0.05) is 11.6 Å². The lowest BCUT2D eigenvalue weighted by molar-refractivity contribution is -0.141. The Morgan fingerprint density at radius 1 is 1.19 bits per heavy atom. The number of likely N-dealkylation sites (tertiary alicyclic amines) is 1. The highest BCUT2D eigenvalue weighted by molar-refractivity contribution is 5.94. The number of halogens is 3. The van der Waals surface area contributed by atoms with E-state index in [0.717, 1.165) is 6.07 Å². The summed E-state index contributed by atoms with van der Waals surface area (Å²) >= 11 is 0. The molecule has 3 rings (SSSR count). The number of aromatic nitrogens is 1. The van der Waals surface area contributed by atoms with Crippen LogP contribution in [0, 0.1) is 0 Å². The molecular weight excluding hydrogens is 349 g/mol. The van der Waals surface area contributed by atoms with E-state index in [1.165, 1.54) is 12.1 Å². The smallest absolute Gasteiger partial charge is 0.433 e. The topological polar surface area (TPSA) is 51.7 Å². The maximum absolute atomic E-state index is 12.7. The van der Waals surface area contributed by atoms with E-state index in [4.69, 9.17) is 9.47 Å². The Hall–Kier alpha value is -2.77. The molecule has 1 amide bonds. The predicted octanol–water partition coefficient (Wildman–Crippen LogP) is 3.40. The van der Waals surface area contributed by atoms with Crippen molar-refractivity contribution in [1.82, 2.24) is 9.88 Å². The van der Waals surface area contributed by atoms with E-state index >= 15 is 0 Å². The zero-order valence-electron chi connectivity index (χ0n) is 14.0. The first-order valence-electron chi connectivity index (χ1n) is 8.10. The molecule has 0 atom stereocenters. The molecule has 1 saturated heterocycles. The Morgan fingerprint density at radius 3 is 2.50 bits per heavy atom. The third-order valence-corrected chi connectivity index (χ3v) is 3.85. The van der Waals surface area contributed by atoms with Crippen LogP contribution >= 0.6 is 0 Å². The van der Waals surface area contributed by atoms with Gasteiger partial charge in [-0.05, 0) is 37.3 Å². The molecule has 26 heavy (non-hydrogen) atoms. The van der Waals surface area contributed by atoms with Crippen molar-refractivity contribution >= 4 is 5.91 Å². The highest BCUT2D eigenvalue weighted by Gasteiger charge is 2.35. The van der Waals surface area contributed by atoms with Crippen molar-refractivity contribution < 1.29 is 27.4 Å². The van der Waals surface area contributed by atoms with Gasteiger partial charge in [-0.3, -0.25) is 4.79 Å². The number of hydrogen-bond acceptors (Lipinski definition) is 4. The Labute approximate surface area is 148 Å². The van der Waals surface area contributed by atoms with E-state index < -0.39 is 11.9 Å². The average molecular weight is 366 g/mol. The molecule has 2 aromatic rings. The van der Waals surface area contributed by atoms with Crippen molar-refractivity contribution in [2.24, 2.45) is 0 Å². The minimum Gasteiger partial charge on any atom is -0.494 e. The Balaban J connectivity index is 1.55. The van der Waals surface area contributed by atoms with E-state index in [-0.39, 0.29) is 17.9 Å². The van der Waals surface area contributed by atoms with Gasteiger partial charge in [0.05, 0.1) is 19.7 Å². The lowest BCUT2D eigenvalue weighted by Gasteiger charge is -2.38. The molecule has 0 radical (unpaired) electrons. The van der Waals surface area contributed by atoms with E-state index in [1.54, 1.807) is 29.2 Å². The number of benzene rings is 1. The van der Waals surface area contributed by atoms with Crippen molar-refractivity contribution in [2.75, 3.05) is 19.7 Å². The highest BCUT2D eigenvalue weighted by atomic mass is 19.4. The van der Waals surface area contributed by atoms with Crippen LogP contribution in [0.3, 0.4) is 0 Å². The number of alkyl halides is 3. The van der Waals surface area contributed by atoms with Gasteiger partial charge >= 0.3 is 6.18 Å². The van der Waals surface area contributed by atoms with Gasteiger partial charge in [0.2, 0.25) is 5.88 Å². The van der Waals surface area contributed by atoms with Crippen molar-refractivity contribution in [2.45, 2.75) is 19.2 Å². The summed E-state index contributed by atoms with van der Waals surface area (Å²) in [6, 6.07) is 10.3. The van der Waals surface area contributed by atoms with Gasteiger partial charge in [0.15, 0.2) is 0 Å². The molecule has 1 aliphatic rings. The van der Waals surface area contributed by atoms with Crippen molar-refractivity contribution in [1.29, 1.82) is 0 Å². The number of ether oxygens (including phenoxy) is 2. The molecule has 138 valence electrons. The summed E-state index contributed by atoms with van der Waals surface area (Å²) in [4.78, 5) is 17.4. The Kier molecular flexibility index (Phi) is 5.01. The van der Waals surface area contributed by atoms with Crippen LogP contribution in [0.5, 0.6) is 11.6 Å². The van der Waals surface area contributed by atoms with Crippen molar-refractivity contribution in [3.63, 3.8) is 0 Å². The van der Waals surface area contributed by atoms with Crippen LogP contribution in [0.4, 0.5) is 13.2 Å². The second-order valence-corrected chi connectivity index (χ2v) is 5.77. The maximum Gasteiger partial charge on any atom is 0.433 e. The normalized spacial score (nSPS) is 14.7. The second-order valence-electron chi connectivity index (χ2n) is 5.77. The molecule has 1 fully saturated rings. The lowest BCUT2D eigenvalue weighted by atomic mass is 10.1. The van der Waals surface area contributed by atoms with E-state index in [1.807, 2.05) is 6.92 Å². The summed E-state index contributed by atoms with van der Waals surface area (Å²) in [5, 5.41) is 0. The molecule has 1 aliphatic heterocycles. The quantitative estimate of drug-likeness (QED) is 0.814. The average Bonchev–Trinajstić information content (AvgIpc) is 2.58. The van der Waals surface area contributed by atoms with Gasteiger partial charge in [0.25, 0.3) is 5.91 Å². The zero-order valence-corrected chi connectivity index (χ0v) is 14.0. The summed E-state index contributed by atoms with van der Waals surface area (Å²) in [5.74, 6) is 0.424. The predicted molar refractivity (Wildman–Crippen MR) is 87.2 cm³/mol. The molecule has 0 aliphatic carbocycles. The van der Waals surface area contributed by atoms with Gasteiger partial charge in [-0.2, -0.15) is 13.2 Å². The molecule has 8 heteroatoms. The molecule has 1 aromatic heterocycles. The monoisotopic (exact) mass is 366 g/mol. The lowest BCUT2D eigenvalue weighted by Crippen LogP contribution is -2.56. The summed E-state index contributed by atoms with van der Waals surface area (Å²) in [6.45, 7) is 3.01. The number of carbonyl (C=O) groups is 1. The number of rotatable bonds is 5. The van der Waals surface area contributed by atoms with Crippen LogP contribution in [0.25, 0.3) is 0 Å². The first-order chi connectivity index (χ1) is 12.4. The van der Waals surface area contributed by atoms with Gasteiger partial charge in [-0.15, -0.1) is 0 Å². The molecule has 0 saturated carbocycles. The van der Waals surface area contributed by atoms with E-state index in [0.29, 0.717) is 31.0 Å². The van der Waals surface area contributed by atoms with E-state index in [9.17, 15) is 18.0 Å². The number of amides is 1. The maximum atomic E-state index is 12.7. The fourth-order valence-electron chi connectivity index (χ4n) is 2.53. The van der Waals surface area contributed by atoms with Crippen LogP contribution in [0.1, 0.15) is 23.0 Å². The first-order valence-corrected chi connectivity index (χ1v) is 8.10. The van der Waals surface area contributed by atoms with Gasteiger partial charge in [-0.1, -0.05) is 6.07 Å². The van der Waals surface area contributed by atoms with Crippen molar-refractivity contribution in [3.05, 3.63) is 53.7 Å². The van der Waals surface area contributed by atoms with Crippen molar-refractivity contribution in [3.8, 4) is 11.6 Å². The molecule has 0 spiro atoms.